The lowest BCUT2D eigenvalue weighted by molar-refractivity contribution is -0.145. The van der Waals surface area contributed by atoms with Crippen LogP contribution >= 0.6 is 0 Å². The highest BCUT2D eigenvalue weighted by atomic mass is 16.6. The Morgan fingerprint density at radius 1 is 0.680 bits per heavy atom. The molecule has 0 saturated carbocycles. The van der Waals surface area contributed by atoms with Gasteiger partial charge in [0.15, 0.2) is 0 Å². The third kappa shape index (κ3) is 21.1. The van der Waals surface area contributed by atoms with Gasteiger partial charge in [-0.3, -0.25) is 4.79 Å². The van der Waals surface area contributed by atoms with E-state index >= 15 is 0 Å². The summed E-state index contributed by atoms with van der Waals surface area (Å²) >= 11 is 0. The zero-order chi connectivity index (χ0) is 18.4. The second kappa shape index (κ2) is 21.2. The summed E-state index contributed by atoms with van der Waals surface area (Å²) in [6.45, 7) is 6.08. The van der Waals surface area contributed by atoms with Crippen molar-refractivity contribution in [3.8, 4) is 0 Å². The van der Waals surface area contributed by atoms with Gasteiger partial charge in [-0.25, -0.2) is 0 Å². The molecular weight excluding hydrogens is 312 g/mol. The van der Waals surface area contributed by atoms with Crippen molar-refractivity contribution in [1.82, 2.24) is 0 Å². The molecule has 0 aliphatic carbocycles. The van der Waals surface area contributed by atoms with Crippen molar-refractivity contribution < 1.29 is 14.3 Å². The summed E-state index contributed by atoms with van der Waals surface area (Å²) in [6, 6.07) is 0. The van der Waals surface area contributed by atoms with Crippen LogP contribution in [0.25, 0.3) is 0 Å². The number of rotatable bonds is 19. The molecule has 0 saturated heterocycles. The predicted molar refractivity (Wildman–Crippen MR) is 107 cm³/mol. The predicted octanol–water partition coefficient (Wildman–Crippen LogP) is 6.60. The Morgan fingerprint density at radius 3 is 1.96 bits per heavy atom. The van der Waals surface area contributed by atoms with Crippen LogP contribution in [0, 0.1) is 0 Å². The lowest BCUT2D eigenvalue weighted by atomic mass is 10.1. The van der Waals surface area contributed by atoms with Gasteiger partial charge in [-0.15, -0.1) is 0 Å². The zero-order valence-corrected chi connectivity index (χ0v) is 16.9. The molecule has 0 atom stereocenters. The van der Waals surface area contributed by atoms with Gasteiger partial charge in [0.25, 0.3) is 0 Å². The summed E-state index contributed by atoms with van der Waals surface area (Å²) in [5, 5.41) is 0. The number of esters is 1. The maximum absolute atomic E-state index is 11.5. The van der Waals surface area contributed by atoms with E-state index in [-0.39, 0.29) is 5.97 Å². The van der Waals surface area contributed by atoms with Gasteiger partial charge in [0.1, 0.15) is 6.61 Å². The summed E-state index contributed by atoms with van der Waals surface area (Å²) < 4.78 is 10.5. The van der Waals surface area contributed by atoms with Crippen molar-refractivity contribution in [3.63, 3.8) is 0 Å². The van der Waals surface area contributed by atoms with Gasteiger partial charge in [-0.05, 0) is 38.5 Å². The fraction of sp³-hybridized carbons (Fsp3) is 0.864. The summed E-state index contributed by atoms with van der Waals surface area (Å²) in [6.07, 6.45) is 21.1. The fourth-order valence-corrected chi connectivity index (χ4v) is 2.62. The summed E-state index contributed by atoms with van der Waals surface area (Å²) in [7, 11) is 0. The molecule has 0 unspecified atom stereocenters. The molecule has 3 nitrogen and oxygen atoms in total. The van der Waals surface area contributed by atoms with Crippen molar-refractivity contribution in [2.45, 2.75) is 104 Å². The molecule has 0 bridgehead atoms. The van der Waals surface area contributed by atoms with Crippen molar-refractivity contribution in [1.29, 1.82) is 0 Å². The molecule has 148 valence electrons. The first-order valence-electron chi connectivity index (χ1n) is 10.7. The third-order valence-corrected chi connectivity index (χ3v) is 4.28. The first-order valence-corrected chi connectivity index (χ1v) is 10.7. The van der Waals surface area contributed by atoms with E-state index < -0.39 is 0 Å². The molecule has 0 heterocycles. The number of ether oxygens (including phenoxy) is 2. The molecule has 0 amide bonds. The van der Waals surface area contributed by atoms with E-state index in [0.717, 1.165) is 32.3 Å². The highest BCUT2D eigenvalue weighted by Gasteiger charge is 2.02. The summed E-state index contributed by atoms with van der Waals surface area (Å²) in [5.74, 6) is -0.0786. The van der Waals surface area contributed by atoms with E-state index in [1.54, 1.807) is 0 Å². The van der Waals surface area contributed by atoms with Gasteiger partial charge in [0, 0.05) is 13.0 Å². The van der Waals surface area contributed by atoms with Crippen molar-refractivity contribution in [2.24, 2.45) is 0 Å². The van der Waals surface area contributed by atoms with E-state index in [0.29, 0.717) is 19.6 Å². The van der Waals surface area contributed by atoms with Crippen LogP contribution in [0.1, 0.15) is 104 Å². The number of unbranched alkanes of at least 4 members (excludes halogenated alkanes) is 10. The molecular formula is C22H42O3. The Hall–Kier alpha value is -0.830. The Morgan fingerprint density at radius 2 is 1.28 bits per heavy atom. The number of hydrogen-bond donors (Lipinski definition) is 0. The molecule has 0 aliphatic heterocycles. The first-order chi connectivity index (χ1) is 12.3. The summed E-state index contributed by atoms with van der Waals surface area (Å²) in [5.41, 5.74) is 0. The van der Waals surface area contributed by atoms with Gasteiger partial charge >= 0.3 is 5.97 Å². The number of allylic oxidation sites excluding steroid dienone is 2. The Bertz CT molecular complexity index is 300. The zero-order valence-electron chi connectivity index (χ0n) is 16.9. The Labute approximate surface area is 156 Å². The average molecular weight is 355 g/mol. The van der Waals surface area contributed by atoms with Crippen LogP contribution in [0.15, 0.2) is 12.2 Å². The quantitative estimate of drug-likeness (QED) is 0.149. The van der Waals surface area contributed by atoms with Crippen LogP contribution < -0.4 is 0 Å². The highest BCUT2D eigenvalue weighted by Crippen LogP contribution is 2.09. The lowest BCUT2D eigenvalue weighted by Crippen LogP contribution is -2.10. The maximum Gasteiger partial charge on any atom is 0.305 e. The van der Waals surface area contributed by atoms with Gasteiger partial charge in [-0.2, -0.15) is 0 Å². The van der Waals surface area contributed by atoms with E-state index in [2.05, 4.69) is 26.0 Å². The minimum absolute atomic E-state index is 0.0786. The smallest absolute Gasteiger partial charge is 0.305 e. The lowest BCUT2D eigenvalue weighted by Gasteiger charge is -2.05. The van der Waals surface area contributed by atoms with Crippen LogP contribution in [0.4, 0.5) is 0 Å². The standard InChI is InChI=1S/C22H42O3/c1-3-5-7-8-9-10-11-12-13-14-15-16-17-18-22(23)25-21-20-24-19-6-4-2/h10-11H,3-9,12-21H2,1-2H3/b11-10-. The number of carbonyl (C=O) groups excluding carboxylic acids is 1. The molecule has 0 rings (SSSR count). The van der Waals surface area contributed by atoms with E-state index in [1.165, 1.54) is 57.8 Å². The topological polar surface area (TPSA) is 35.5 Å². The van der Waals surface area contributed by atoms with Crippen molar-refractivity contribution in [2.75, 3.05) is 19.8 Å². The minimum atomic E-state index is -0.0786. The van der Waals surface area contributed by atoms with Crippen LogP contribution in [0.3, 0.4) is 0 Å². The van der Waals surface area contributed by atoms with Gasteiger partial charge in [0.2, 0.25) is 0 Å². The number of carbonyl (C=O) groups is 1. The van der Waals surface area contributed by atoms with Crippen LogP contribution in [-0.4, -0.2) is 25.8 Å². The Kier molecular flexibility index (Phi) is 20.5. The van der Waals surface area contributed by atoms with Crippen molar-refractivity contribution >= 4 is 5.97 Å². The molecule has 3 heteroatoms. The van der Waals surface area contributed by atoms with E-state index in [1.807, 2.05) is 0 Å². The average Bonchev–Trinajstić information content (AvgIpc) is 2.62. The second-order valence-corrected chi connectivity index (χ2v) is 6.81. The molecule has 0 aliphatic rings. The van der Waals surface area contributed by atoms with E-state index in [9.17, 15) is 4.79 Å². The van der Waals surface area contributed by atoms with Gasteiger partial charge in [-0.1, -0.05) is 70.9 Å². The second-order valence-electron chi connectivity index (χ2n) is 6.81. The highest BCUT2D eigenvalue weighted by molar-refractivity contribution is 5.69. The first kappa shape index (κ1) is 24.2. The van der Waals surface area contributed by atoms with E-state index in [4.69, 9.17) is 9.47 Å². The van der Waals surface area contributed by atoms with Crippen LogP contribution in [-0.2, 0) is 14.3 Å². The monoisotopic (exact) mass is 354 g/mol. The van der Waals surface area contributed by atoms with Gasteiger partial charge < -0.3 is 9.47 Å². The van der Waals surface area contributed by atoms with Crippen LogP contribution in [0.2, 0.25) is 0 Å². The minimum Gasteiger partial charge on any atom is -0.463 e. The normalized spacial score (nSPS) is 11.3. The van der Waals surface area contributed by atoms with Gasteiger partial charge in [0.05, 0.1) is 6.61 Å². The molecule has 0 aromatic rings. The SMILES string of the molecule is CCCCCC/C=C\CCCCCCCC(=O)OCCOCCCC. The molecule has 0 N–H and O–H groups in total. The number of hydrogen-bond acceptors (Lipinski definition) is 3. The molecule has 0 aromatic carbocycles. The largest absolute Gasteiger partial charge is 0.463 e. The molecule has 0 fully saturated rings. The Balaban J connectivity index is 3.19. The fourth-order valence-electron chi connectivity index (χ4n) is 2.62. The third-order valence-electron chi connectivity index (χ3n) is 4.28. The molecule has 0 aromatic heterocycles. The summed E-state index contributed by atoms with van der Waals surface area (Å²) in [4.78, 5) is 11.5. The molecule has 0 radical (unpaired) electrons. The molecule has 0 spiro atoms. The van der Waals surface area contributed by atoms with Crippen molar-refractivity contribution in [3.05, 3.63) is 12.2 Å². The maximum atomic E-state index is 11.5. The molecule has 25 heavy (non-hydrogen) atoms. The van der Waals surface area contributed by atoms with Crippen LogP contribution in [0.5, 0.6) is 0 Å².